The zero-order valence-electron chi connectivity index (χ0n) is 10.5. The predicted octanol–water partition coefficient (Wildman–Crippen LogP) is 2.61. The van der Waals surface area contributed by atoms with Crippen molar-refractivity contribution in [1.82, 2.24) is 5.32 Å². The smallest absolute Gasteiger partial charge is 0.0402 e. The van der Waals surface area contributed by atoms with Gasteiger partial charge in [0, 0.05) is 30.7 Å². The quantitative estimate of drug-likeness (QED) is 0.835. The number of rotatable bonds is 4. The molecule has 2 nitrogen and oxygen atoms in total. The maximum absolute atomic E-state index is 3.34. The first-order chi connectivity index (χ1) is 7.76. The van der Waals surface area contributed by atoms with E-state index in [1.807, 2.05) is 7.05 Å². The Labute approximate surface area is 98.7 Å². The van der Waals surface area contributed by atoms with E-state index >= 15 is 0 Å². The minimum atomic E-state index is 0.592. The second-order valence-electron chi connectivity index (χ2n) is 4.72. The molecule has 2 unspecified atom stereocenters. The third-order valence-corrected chi connectivity index (χ3v) is 3.67. The molecule has 0 aliphatic carbocycles. The Morgan fingerprint density at radius 3 is 2.88 bits per heavy atom. The molecule has 1 N–H and O–H groups in total. The van der Waals surface area contributed by atoms with Crippen LogP contribution >= 0.6 is 0 Å². The molecule has 2 atom stereocenters. The molecule has 0 saturated carbocycles. The summed E-state index contributed by atoms with van der Waals surface area (Å²) in [6.45, 7) is 6.79. The van der Waals surface area contributed by atoms with Crippen molar-refractivity contribution in [1.29, 1.82) is 0 Å². The van der Waals surface area contributed by atoms with Gasteiger partial charge in [0.25, 0.3) is 0 Å². The fourth-order valence-electron chi connectivity index (χ4n) is 2.63. The van der Waals surface area contributed by atoms with E-state index in [4.69, 9.17) is 0 Å². The summed E-state index contributed by atoms with van der Waals surface area (Å²) in [5.41, 5.74) is 2.98. The first kappa shape index (κ1) is 11.5. The molecule has 0 radical (unpaired) electrons. The van der Waals surface area contributed by atoms with Gasteiger partial charge >= 0.3 is 0 Å². The Kier molecular flexibility index (Phi) is 3.49. The molecule has 88 valence electrons. The van der Waals surface area contributed by atoms with E-state index in [2.05, 4.69) is 48.3 Å². The summed E-state index contributed by atoms with van der Waals surface area (Å²) in [6, 6.07) is 9.44. The third kappa shape index (κ3) is 2.07. The number of nitrogens with one attached hydrogen (secondary N) is 1. The minimum Gasteiger partial charge on any atom is -0.371 e. The van der Waals surface area contributed by atoms with Gasteiger partial charge in [-0.1, -0.05) is 18.2 Å². The van der Waals surface area contributed by atoms with E-state index in [0.717, 1.165) is 6.54 Å². The fraction of sp³-hybridized carbons (Fsp3) is 0.571. The lowest BCUT2D eigenvalue weighted by Gasteiger charge is -2.18. The van der Waals surface area contributed by atoms with E-state index < -0.39 is 0 Å². The maximum Gasteiger partial charge on any atom is 0.0402 e. The van der Waals surface area contributed by atoms with E-state index in [1.165, 1.54) is 24.2 Å². The molecule has 1 aliphatic heterocycles. The normalized spacial score (nSPS) is 20.9. The average Bonchev–Trinajstić information content (AvgIpc) is 2.68. The molecule has 0 bridgehead atoms. The number of hydrogen-bond donors (Lipinski definition) is 1. The molecule has 0 aromatic heterocycles. The first-order valence-corrected chi connectivity index (χ1v) is 6.27. The van der Waals surface area contributed by atoms with Gasteiger partial charge in [-0.05, 0) is 38.9 Å². The monoisotopic (exact) mass is 218 g/mol. The van der Waals surface area contributed by atoms with Gasteiger partial charge in [0.15, 0.2) is 0 Å². The zero-order valence-corrected chi connectivity index (χ0v) is 10.5. The van der Waals surface area contributed by atoms with Crippen LogP contribution in [0.15, 0.2) is 24.3 Å². The Bertz CT molecular complexity index is 346. The predicted molar refractivity (Wildman–Crippen MR) is 70.2 cm³/mol. The van der Waals surface area contributed by atoms with Gasteiger partial charge < -0.3 is 10.2 Å². The summed E-state index contributed by atoms with van der Waals surface area (Å²) in [5, 5.41) is 3.34. The minimum absolute atomic E-state index is 0.592. The van der Waals surface area contributed by atoms with Crippen molar-refractivity contribution < 1.29 is 0 Å². The number of fused-ring (bicyclic) bond motifs is 1. The summed E-state index contributed by atoms with van der Waals surface area (Å²) < 4.78 is 0. The van der Waals surface area contributed by atoms with Gasteiger partial charge in [0.2, 0.25) is 0 Å². The Balaban J connectivity index is 2.19. The van der Waals surface area contributed by atoms with Gasteiger partial charge in [-0.3, -0.25) is 0 Å². The summed E-state index contributed by atoms with van der Waals surface area (Å²) in [7, 11) is 2.04. The number of benzene rings is 1. The van der Waals surface area contributed by atoms with Gasteiger partial charge in [-0.25, -0.2) is 0 Å². The Morgan fingerprint density at radius 1 is 1.44 bits per heavy atom. The van der Waals surface area contributed by atoms with Crippen LogP contribution in [0.5, 0.6) is 0 Å². The lowest BCUT2D eigenvalue weighted by Crippen LogP contribution is -2.26. The largest absolute Gasteiger partial charge is 0.371 e. The molecule has 1 aromatic rings. The molecule has 16 heavy (non-hydrogen) atoms. The van der Waals surface area contributed by atoms with Crippen LogP contribution in [-0.4, -0.2) is 26.2 Å². The number of hydrogen-bond acceptors (Lipinski definition) is 2. The highest BCUT2D eigenvalue weighted by Gasteiger charge is 2.27. The van der Waals surface area contributed by atoms with Crippen molar-refractivity contribution in [3.05, 3.63) is 29.8 Å². The van der Waals surface area contributed by atoms with Gasteiger partial charge in [0.1, 0.15) is 0 Å². The van der Waals surface area contributed by atoms with Gasteiger partial charge in [0.05, 0.1) is 0 Å². The second-order valence-corrected chi connectivity index (χ2v) is 4.72. The van der Waals surface area contributed by atoms with Crippen LogP contribution in [0.3, 0.4) is 0 Å². The molecular formula is C14H22N2. The van der Waals surface area contributed by atoms with Crippen molar-refractivity contribution in [3.8, 4) is 0 Å². The highest BCUT2D eigenvalue weighted by atomic mass is 15.1. The third-order valence-electron chi connectivity index (χ3n) is 3.67. The molecular weight excluding hydrogens is 196 g/mol. The molecule has 0 saturated heterocycles. The highest BCUT2D eigenvalue weighted by Crippen LogP contribution is 2.38. The molecule has 2 rings (SSSR count). The number of para-hydroxylation sites is 1. The lowest BCUT2D eigenvalue weighted by atomic mass is 9.95. The molecule has 0 spiro atoms. The molecule has 0 fully saturated rings. The number of nitrogens with zero attached hydrogens (tertiary/aromatic N) is 1. The van der Waals surface area contributed by atoms with Crippen LogP contribution < -0.4 is 10.2 Å². The zero-order chi connectivity index (χ0) is 11.5. The van der Waals surface area contributed by atoms with Crippen LogP contribution in [0.2, 0.25) is 0 Å². The van der Waals surface area contributed by atoms with Crippen LogP contribution in [0, 0.1) is 0 Å². The average molecular weight is 218 g/mol. The van der Waals surface area contributed by atoms with Crippen molar-refractivity contribution in [2.75, 3.05) is 25.0 Å². The van der Waals surface area contributed by atoms with Gasteiger partial charge in [-0.15, -0.1) is 0 Å². The van der Waals surface area contributed by atoms with E-state index in [-0.39, 0.29) is 0 Å². The SMILES string of the molecule is CCN1CC(CC(C)NC)c2ccccc21. The van der Waals surface area contributed by atoms with Crippen molar-refractivity contribution in [3.63, 3.8) is 0 Å². The highest BCUT2D eigenvalue weighted by molar-refractivity contribution is 5.60. The van der Waals surface area contributed by atoms with E-state index in [0.29, 0.717) is 12.0 Å². The van der Waals surface area contributed by atoms with Crippen LogP contribution in [0.25, 0.3) is 0 Å². The Morgan fingerprint density at radius 2 is 2.19 bits per heavy atom. The molecule has 2 heteroatoms. The van der Waals surface area contributed by atoms with E-state index in [1.54, 1.807) is 0 Å². The maximum atomic E-state index is 3.34. The lowest BCUT2D eigenvalue weighted by molar-refractivity contribution is 0.506. The van der Waals surface area contributed by atoms with E-state index in [9.17, 15) is 0 Å². The standard InChI is InChI=1S/C14H22N2/c1-4-16-10-12(9-11(2)15-3)13-7-5-6-8-14(13)16/h5-8,11-12,15H,4,9-10H2,1-3H3. The second kappa shape index (κ2) is 4.88. The summed E-state index contributed by atoms with van der Waals surface area (Å²) in [6.07, 6.45) is 1.23. The molecule has 0 amide bonds. The fourth-order valence-corrected chi connectivity index (χ4v) is 2.63. The summed E-state index contributed by atoms with van der Waals surface area (Å²) in [4.78, 5) is 2.49. The van der Waals surface area contributed by atoms with Crippen LogP contribution in [0.4, 0.5) is 5.69 Å². The summed E-state index contributed by atoms with van der Waals surface area (Å²) >= 11 is 0. The first-order valence-electron chi connectivity index (χ1n) is 6.27. The van der Waals surface area contributed by atoms with Gasteiger partial charge in [-0.2, -0.15) is 0 Å². The number of anilines is 1. The van der Waals surface area contributed by atoms with Crippen molar-refractivity contribution in [2.45, 2.75) is 32.2 Å². The Hall–Kier alpha value is -1.02. The van der Waals surface area contributed by atoms with Crippen molar-refractivity contribution >= 4 is 5.69 Å². The van der Waals surface area contributed by atoms with Crippen LogP contribution in [-0.2, 0) is 0 Å². The molecule has 1 heterocycles. The number of likely N-dealkylation sites (N-methyl/N-ethyl adjacent to an activating group) is 1. The topological polar surface area (TPSA) is 15.3 Å². The molecule has 1 aromatic carbocycles. The molecule has 1 aliphatic rings. The summed E-state index contributed by atoms with van der Waals surface area (Å²) in [5.74, 6) is 0.693. The van der Waals surface area contributed by atoms with Crippen LogP contribution in [0.1, 0.15) is 31.7 Å². The van der Waals surface area contributed by atoms with Crippen molar-refractivity contribution in [2.24, 2.45) is 0 Å².